The van der Waals surface area contributed by atoms with Crippen molar-refractivity contribution in [3.8, 4) is 10.6 Å². The molecule has 0 atom stereocenters. The molecule has 0 bridgehead atoms. The average Bonchev–Trinajstić information content (AvgIpc) is 2.82. The van der Waals surface area contributed by atoms with Gasteiger partial charge in [-0.05, 0) is 24.3 Å². The smallest absolute Gasteiger partial charge is 0.219 e. The van der Waals surface area contributed by atoms with Gasteiger partial charge in [0.15, 0.2) is 0 Å². The number of carbonyl (C=O) groups is 1. The fourth-order valence-corrected chi connectivity index (χ4v) is 3.31. The summed E-state index contributed by atoms with van der Waals surface area (Å²) in [7, 11) is 0. The number of nitrogens with zero attached hydrogens (tertiary/aromatic N) is 2. The third-order valence-electron chi connectivity index (χ3n) is 3.27. The summed E-state index contributed by atoms with van der Waals surface area (Å²) < 4.78 is 12.9. The number of amides is 1. The van der Waals surface area contributed by atoms with Crippen LogP contribution in [0.4, 0.5) is 4.39 Å². The number of fused-ring (bicyclic) bond motifs is 1. The summed E-state index contributed by atoms with van der Waals surface area (Å²) >= 11 is 1.59. The molecule has 0 unspecified atom stereocenters. The molecule has 1 aliphatic heterocycles. The van der Waals surface area contributed by atoms with Crippen molar-refractivity contribution < 1.29 is 9.18 Å². The SMILES string of the molecule is CC(=O)N1CCc2nc(-c3ccc(F)cc3)sc2C1. The number of hydrogen-bond donors (Lipinski definition) is 0. The van der Waals surface area contributed by atoms with Crippen LogP contribution in [-0.4, -0.2) is 22.3 Å². The molecule has 0 radical (unpaired) electrons. The van der Waals surface area contributed by atoms with Crippen LogP contribution in [0.25, 0.3) is 10.6 Å². The third kappa shape index (κ3) is 2.38. The van der Waals surface area contributed by atoms with Crippen molar-refractivity contribution in [2.75, 3.05) is 6.54 Å². The van der Waals surface area contributed by atoms with Gasteiger partial charge < -0.3 is 4.90 Å². The number of benzene rings is 1. The number of halogens is 1. The van der Waals surface area contributed by atoms with Crippen LogP contribution in [-0.2, 0) is 17.8 Å². The fraction of sp³-hybridized carbons (Fsp3) is 0.286. The van der Waals surface area contributed by atoms with Crippen LogP contribution >= 0.6 is 11.3 Å². The molecule has 0 fully saturated rings. The first kappa shape index (κ1) is 12.3. The normalized spacial score (nSPS) is 14.3. The molecule has 2 heterocycles. The van der Waals surface area contributed by atoms with Crippen LogP contribution < -0.4 is 0 Å². The minimum absolute atomic E-state index is 0.0994. The third-order valence-corrected chi connectivity index (χ3v) is 4.40. The van der Waals surface area contributed by atoms with E-state index < -0.39 is 0 Å². The monoisotopic (exact) mass is 276 g/mol. The van der Waals surface area contributed by atoms with E-state index in [2.05, 4.69) is 4.98 Å². The van der Waals surface area contributed by atoms with Gasteiger partial charge in [-0.3, -0.25) is 4.79 Å². The first-order valence-electron chi connectivity index (χ1n) is 6.13. The van der Waals surface area contributed by atoms with Crippen LogP contribution in [0.5, 0.6) is 0 Å². The highest BCUT2D eigenvalue weighted by Gasteiger charge is 2.22. The lowest BCUT2D eigenvalue weighted by molar-refractivity contribution is -0.129. The van der Waals surface area contributed by atoms with E-state index >= 15 is 0 Å². The van der Waals surface area contributed by atoms with Crippen LogP contribution in [0.3, 0.4) is 0 Å². The highest BCUT2D eigenvalue weighted by atomic mass is 32.1. The topological polar surface area (TPSA) is 33.2 Å². The minimum Gasteiger partial charge on any atom is -0.337 e. The Kier molecular flexibility index (Phi) is 3.06. The number of thiazole rings is 1. The molecule has 3 nitrogen and oxygen atoms in total. The van der Waals surface area contributed by atoms with Crippen molar-refractivity contribution >= 4 is 17.2 Å². The highest BCUT2D eigenvalue weighted by Crippen LogP contribution is 2.31. The maximum Gasteiger partial charge on any atom is 0.219 e. The zero-order chi connectivity index (χ0) is 13.4. The number of rotatable bonds is 1. The summed E-state index contributed by atoms with van der Waals surface area (Å²) in [5, 5.41) is 0.899. The standard InChI is InChI=1S/C14H13FN2OS/c1-9(18)17-7-6-12-13(8-17)19-14(16-12)10-2-4-11(15)5-3-10/h2-5H,6-8H2,1H3. The molecule has 0 spiro atoms. The van der Waals surface area contributed by atoms with Gasteiger partial charge in [-0.25, -0.2) is 9.37 Å². The van der Waals surface area contributed by atoms with E-state index in [1.165, 1.54) is 12.1 Å². The summed E-state index contributed by atoms with van der Waals surface area (Å²) in [5.41, 5.74) is 2.00. The Hall–Kier alpha value is -1.75. The van der Waals surface area contributed by atoms with Gasteiger partial charge in [-0.2, -0.15) is 0 Å². The predicted octanol–water partition coefficient (Wildman–Crippen LogP) is 2.85. The van der Waals surface area contributed by atoms with E-state index in [1.54, 1.807) is 30.4 Å². The second kappa shape index (κ2) is 4.74. The van der Waals surface area contributed by atoms with Gasteiger partial charge in [0.1, 0.15) is 10.8 Å². The second-order valence-electron chi connectivity index (χ2n) is 4.59. The summed E-state index contributed by atoms with van der Waals surface area (Å²) in [6, 6.07) is 6.36. The van der Waals surface area contributed by atoms with Crippen molar-refractivity contribution in [1.29, 1.82) is 0 Å². The molecule has 0 N–H and O–H groups in total. The van der Waals surface area contributed by atoms with Crippen LogP contribution in [0.1, 0.15) is 17.5 Å². The van der Waals surface area contributed by atoms with Crippen molar-refractivity contribution in [1.82, 2.24) is 9.88 Å². The molecular formula is C14H13FN2OS. The van der Waals surface area contributed by atoms with E-state index in [0.29, 0.717) is 6.54 Å². The first-order chi connectivity index (χ1) is 9.13. The molecule has 1 amide bonds. The lowest BCUT2D eigenvalue weighted by atomic mass is 10.2. The molecular weight excluding hydrogens is 263 g/mol. The number of aromatic nitrogens is 1. The molecule has 19 heavy (non-hydrogen) atoms. The molecule has 5 heteroatoms. The van der Waals surface area contributed by atoms with E-state index in [0.717, 1.165) is 34.1 Å². The molecule has 98 valence electrons. The van der Waals surface area contributed by atoms with E-state index in [-0.39, 0.29) is 11.7 Å². The summed E-state index contributed by atoms with van der Waals surface area (Å²) in [5.74, 6) is -0.143. The predicted molar refractivity (Wildman–Crippen MR) is 72.3 cm³/mol. The summed E-state index contributed by atoms with van der Waals surface area (Å²) in [6.45, 7) is 2.96. The zero-order valence-corrected chi connectivity index (χ0v) is 11.3. The van der Waals surface area contributed by atoms with Crippen molar-refractivity contribution in [3.63, 3.8) is 0 Å². The zero-order valence-electron chi connectivity index (χ0n) is 10.5. The Balaban J connectivity index is 1.91. The van der Waals surface area contributed by atoms with Crippen LogP contribution in [0.15, 0.2) is 24.3 Å². The second-order valence-corrected chi connectivity index (χ2v) is 5.67. The molecule has 1 aliphatic rings. The average molecular weight is 276 g/mol. The van der Waals surface area contributed by atoms with Crippen molar-refractivity contribution in [2.45, 2.75) is 19.9 Å². The van der Waals surface area contributed by atoms with Crippen LogP contribution in [0.2, 0.25) is 0 Å². The summed E-state index contributed by atoms with van der Waals surface area (Å²) in [4.78, 5) is 19.0. The molecule has 1 aromatic heterocycles. The Morgan fingerprint density at radius 3 is 2.79 bits per heavy atom. The molecule has 0 saturated carbocycles. The lowest BCUT2D eigenvalue weighted by Gasteiger charge is -2.24. The Morgan fingerprint density at radius 2 is 2.11 bits per heavy atom. The molecule has 0 saturated heterocycles. The Labute approximate surface area is 114 Å². The Bertz CT molecular complexity index is 621. The van der Waals surface area contributed by atoms with E-state index in [9.17, 15) is 9.18 Å². The largest absolute Gasteiger partial charge is 0.337 e. The van der Waals surface area contributed by atoms with E-state index in [4.69, 9.17) is 0 Å². The highest BCUT2D eigenvalue weighted by molar-refractivity contribution is 7.15. The van der Waals surface area contributed by atoms with Gasteiger partial charge >= 0.3 is 0 Å². The molecule has 2 aromatic rings. The number of hydrogen-bond acceptors (Lipinski definition) is 3. The summed E-state index contributed by atoms with van der Waals surface area (Å²) in [6.07, 6.45) is 0.798. The maximum atomic E-state index is 12.9. The Morgan fingerprint density at radius 1 is 1.37 bits per heavy atom. The van der Waals surface area contributed by atoms with Gasteiger partial charge in [-0.15, -0.1) is 11.3 Å². The van der Waals surface area contributed by atoms with Gasteiger partial charge in [-0.1, -0.05) is 0 Å². The van der Waals surface area contributed by atoms with Crippen molar-refractivity contribution in [3.05, 3.63) is 40.7 Å². The van der Waals surface area contributed by atoms with Crippen molar-refractivity contribution in [2.24, 2.45) is 0 Å². The van der Waals surface area contributed by atoms with Gasteiger partial charge in [0.25, 0.3) is 0 Å². The maximum absolute atomic E-state index is 12.9. The fourth-order valence-electron chi connectivity index (χ4n) is 2.18. The van der Waals surface area contributed by atoms with E-state index in [1.807, 2.05) is 4.90 Å². The quantitative estimate of drug-likeness (QED) is 0.802. The molecule has 3 rings (SSSR count). The molecule has 0 aliphatic carbocycles. The number of carbonyl (C=O) groups excluding carboxylic acids is 1. The minimum atomic E-state index is -0.243. The first-order valence-corrected chi connectivity index (χ1v) is 6.95. The lowest BCUT2D eigenvalue weighted by Crippen LogP contribution is -2.33. The van der Waals surface area contributed by atoms with Crippen LogP contribution in [0, 0.1) is 5.82 Å². The van der Waals surface area contributed by atoms with Gasteiger partial charge in [0, 0.05) is 30.3 Å². The molecule has 1 aromatic carbocycles. The van der Waals surface area contributed by atoms with Gasteiger partial charge in [0.2, 0.25) is 5.91 Å². The van der Waals surface area contributed by atoms with Gasteiger partial charge in [0.05, 0.1) is 12.2 Å².